The third kappa shape index (κ3) is 2.85. The van der Waals surface area contributed by atoms with E-state index < -0.39 is 0 Å². The molecule has 0 bridgehead atoms. The van der Waals surface area contributed by atoms with Crippen molar-refractivity contribution in [2.24, 2.45) is 0 Å². The van der Waals surface area contributed by atoms with E-state index in [0.717, 1.165) is 24.4 Å². The number of H-pyrrole nitrogens is 1. The van der Waals surface area contributed by atoms with Crippen LogP contribution in [-0.4, -0.2) is 21.5 Å². The molecule has 0 aliphatic heterocycles. The second-order valence-corrected chi connectivity index (χ2v) is 5.36. The van der Waals surface area contributed by atoms with E-state index in [2.05, 4.69) is 51.2 Å². The zero-order valence-electron chi connectivity index (χ0n) is 12.1. The monoisotopic (exact) mass is 300 g/mol. The maximum atomic E-state index is 6.04. The molecule has 2 heterocycles. The topological polar surface area (TPSA) is 44.8 Å². The number of hydrogen-bond acceptors (Lipinski definition) is 3. The molecule has 0 spiro atoms. The van der Waals surface area contributed by atoms with Gasteiger partial charge < -0.3 is 9.88 Å². The summed E-state index contributed by atoms with van der Waals surface area (Å²) in [5.74, 6) is 1.55. The molecule has 0 saturated carbocycles. The molecular formula is C16H17ClN4. The molecule has 0 amide bonds. The molecule has 4 nitrogen and oxygen atoms in total. The van der Waals surface area contributed by atoms with Crippen LogP contribution in [0.5, 0.6) is 0 Å². The second-order valence-electron chi connectivity index (χ2n) is 4.97. The van der Waals surface area contributed by atoms with Crippen LogP contribution in [0.1, 0.15) is 18.3 Å². The molecule has 2 aromatic heterocycles. The predicted molar refractivity (Wildman–Crippen MR) is 86.8 cm³/mol. The highest BCUT2D eigenvalue weighted by Crippen LogP contribution is 2.23. The molecule has 0 fully saturated rings. The number of aromatic nitrogens is 3. The third-order valence-corrected chi connectivity index (χ3v) is 3.73. The molecule has 0 saturated heterocycles. The Labute approximate surface area is 128 Å². The van der Waals surface area contributed by atoms with Gasteiger partial charge in [0.25, 0.3) is 0 Å². The normalized spacial score (nSPS) is 11.0. The summed E-state index contributed by atoms with van der Waals surface area (Å²) in [6.07, 6.45) is 2.06. The van der Waals surface area contributed by atoms with Gasteiger partial charge in [-0.2, -0.15) is 0 Å². The largest absolute Gasteiger partial charge is 0.361 e. The van der Waals surface area contributed by atoms with Crippen LogP contribution < -0.4 is 4.90 Å². The summed E-state index contributed by atoms with van der Waals surface area (Å²) in [6, 6.07) is 10.1. The fourth-order valence-corrected chi connectivity index (χ4v) is 2.72. The average Bonchev–Trinajstić information content (AvgIpc) is 2.87. The Balaban J connectivity index is 1.94. The molecule has 1 N–H and O–H groups in total. The van der Waals surface area contributed by atoms with Crippen LogP contribution in [0.25, 0.3) is 10.9 Å². The molecule has 5 heteroatoms. The third-order valence-electron chi connectivity index (χ3n) is 3.54. The second kappa shape index (κ2) is 5.74. The zero-order chi connectivity index (χ0) is 14.8. The van der Waals surface area contributed by atoms with E-state index in [1.165, 1.54) is 10.9 Å². The number of aryl methyl sites for hydroxylation is 1. The Kier molecular flexibility index (Phi) is 3.80. The van der Waals surface area contributed by atoms with Crippen LogP contribution in [0.4, 0.5) is 5.82 Å². The van der Waals surface area contributed by atoms with Gasteiger partial charge in [-0.3, -0.25) is 0 Å². The van der Waals surface area contributed by atoms with Crippen LogP contribution in [0.2, 0.25) is 5.15 Å². The Morgan fingerprint density at radius 3 is 2.81 bits per heavy atom. The van der Waals surface area contributed by atoms with Gasteiger partial charge in [0.2, 0.25) is 0 Å². The van der Waals surface area contributed by atoms with Crippen LogP contribution in [0.3, 0.4) is 0 Å². The fraction of sp³-hybridized carbons (Fsp3) is 0.250. The van der Waals surface area contributed by atoms with Crippen molar-refractivity contribution in [1.82, 2.24) is 15.0 Å². The van der Waals surface area contributed by atoms with Gasteiger partial charge in [-0.05, 0) is 25.5 Å². The molecule has 21 heavy (non-hydrogen) atoms. The number of halogens is 1. The number of para-hydroxylation sites is 1. The van der Waals surface area contributed by atoms with Gasteiger partial charge in [-0.15, -0.1) is 0 Å². The number of nitrogens with one attached hydrogen (secondary N) is 1. The van der Waals surface area contributed by atoms with E-state index in [1.54, 1.807) is 0 Å². The fourth-order valence-electron chi connectivity index (χ4n) is 2.50. The molecule has 3 aromatic rings. The van der Waals surface area contributed by atoms with Crippen molar-refractivity contribution in [2.45, 2.75) is 20.4 Å². The highest BCUT2D eigenvalue weighted by Gasteiger charge is 2.11. The maximum absolute atomic E-state index is 6.04. The molecule has 0 aliphatic carbocycles. The molecule has 108 valence electrons. The van der Waals surface area contributed by atoms with Crippen molar-refractivity contribution in [2.75, 3.05) is 11.4 Å². The number of aromatic amines is 1. The minimum Gasteiger partial charge on any atom is -0.361 e. The number of anilines is 1. The van der Waals surface area contributed by atoms with Crippen LogP contribution >= 0.6 is 11.6 Å². The first kappa shape index (κ1) is 13.9. The van der Waals surface area contributed by atoms with Crippen LogP contribution in [0.15, 0.2) is 36.5 Å². The van der Waals surface area contributed by atoms with Gasteiger partial charge in [-0.1, -0.05) is 29.8 Å². The Hall–Kier alpha value is -2.07. The quantitative estimate of drug-likeness (QED) is 0.742. The van der Waals surface area contributed by atoms with E-state index in [0.29, 0.717) is 11.0 Å². The van der Waals surface area contributed by atoms with Crippen LogP contribution in [-0.2, 0) is 6.54 Å². The first-order chi connectivity index (χ1) is 10.2. The number of fused-ring (bicyclic) bond motifs is 1. The minimum atomic E-state index is 0.481. The van der Waals surface area contributed by atoms with Gasteiger partial charge in [-0.25, -0.2) is 9.97 Å². The summed E-state index contributed by atoms with van der Waals surface area (Å²) in [7, 11) is 0. The summed E-state index contributed by atoms with van der Waals surface area (Å²) >= 11 is 6.04. The SMILES string of the molecule is CCN(Cc1c[nH]c2ccccc12)c1cc(Cl)nc(C)n1. The number of nitrogens with zero attached hydrogens (tertiary/aromatic N) is 3. The van der Waals surface area contributed by atoms with Crippen molar-refractivity contribution in [3.8, 4) is 0 Å². The van der Waals surface area contributed by atoms with Crippen molar-refractivity contribution >= 4 is 28.3 Å². The van der Waals surface area contributed by atoms with Crippen molar-refractivity contribution < 1.29 is 0 Å². The highest BCUT2D eigenvalue weighted by atomic mass is 35.5. The zero-order valence-corrected chi connectivity index (χ0v) is 12.9. The van der Waals surface area contributed by atoms with Crippen molar-refractivity contribution in [3.05, 3.63) is 53.1 Å². The molecule has 0 aliphatic rings. The maximum Gasteiger partial charge on any atom is 0.134 e. The lowest BCUT2D eigenvalue weighted by molar-refractivity contribution is 0.808. The summed E-state index contributed by atoms with van der Waals surface area (Å²) in [4.78, 5) is 14.1. The Bertz CT molecular complexity index is 746. The van der Waals surface area contributed by atoms with E-state index in [4.69, 9.17) is 11.6 Å². The van der Waals surface area contributed by atoms with E-state index in [9.17, 15) is 0 Å². The lowest BCUT2D eigenvalue weighted by atomic mass is 10.1. The molecule has 3 rings (SSSR count). The molecule has 0 atom stereocenters. The van der Waals surface area contributed by atoms with Gasteiger partial charge >= 0.3 is 0 Å². The predicted octanol–water partition coefficient (Wildman–Crippen LogP) is 3.95. The highest BCUT2D eigenvalue weighted by molar-refractivity contribution is 6.29. The first-order valence-corrected chi connectivity index (χ1v) is 7.36. The molecule has 1 aromatic carbocycles. The lowest BCUT2D eigenvalue weighted by Gasteiger charge is -2.22. The molecule has 0 radical (unpaired) electrons. The van der Waals surface area contributed by atoms with Gasteiger partial charge in [0, 0.05) is 36.3 Å². The Morgan fingerprint density at radius 1 is 1.24 bits per heavy atom. The standard InChI is InChI=1S/C16H17ClN4/c1-3-21(16-8-15(17)19-11(2)20-16)10-12-9-18-14-7-5-4-6-13(12)14/h4-9,18H,3,10H2,1-2H3. The summed E-state index contributed by atoms with van der Waals surface area (Å²) in [6.45, 7) is 5.61. The van der Waals surface area contributed by atoms with E-state index in [1.807, 2.05) is 19.1 Å². The lowest BCUT2D eigenvalue weighted by Crippen LogP contribution is -2.23. The van der Waals surface area contributed by atoms with Crippen molar-refractivity contribution in [3.63, 3.8) is 0 Å². The number of hydrogen-bond donors (Lipinski definition) is 1. The number of rotatable bonds is 4. The van der Waals surface area contributed by atoms with Gasteiger partial charge in [0.15, 0.2) is 0 Å². The first-order valence-electron chi connectivity index (χ1n) is 6.98. The molecule has 0 unspecified atom stereocenters. The summed E-state index contributed by atoms with van der Waals surface area (Å²) in [5, 5.41) is 1.72. The smallest absolute Gasteiger partial charge is 0.134 e. The van der Waals surface area contributed by atoms with Crippen molar-refractivity contribution in [1.29, 1.82) is 0 Å². The Morgan fingerprint density at radius 2 is 2.05 bits per heavy atom. The summed E-state index contributed by atoms with van der Waals surface area (Å²) < 4.78 is 0. The van der Waals surface area contributed by atoms with Crippen LogP contribution in [0, 0.1) is 6.92 Å². The van der Waals surface area contributed by atoms with E-state index >= 15 is 0 Å². The summed E-state index contributed by atoms with van der Waals surface area (Å²) in [5.41, 5.74) is 2.40. The minimum absolute atomic E-state index is 0.481. The average molecular weight is 301 g/mol. The number of benzene rings is 1. The molecular weight excluding hydrogens is 284 g/mol. The van der Waals surface area contributed by atoms with E-state index in [-0.39, 0.29) is 0 Å². The van der Waals surface area contributed by atoms with Gasteiger partial charge in [0.1, 0.15) is 16.8 Å². The van der Waals surface area contributed by atoms with Gasteiger partial charge in [0.05, 0.1) is 0 Å².